The molecule has 0 atom stereocenters. The molecule has 0 bridgehead atoms. The van der Waals surface area contributed by atoms with E-state index in [1.54, 1.807) is 17.4 Å². The standard InChI is InChI=1S/C16H13F3N2O3/c1-24-11-8-6-10(7-9-11)14(22)20-12-4-2-3-5-13(12)21-15(23)16(17,18)19/h2-9H,1H3,(H,20,22)(H,21,23). The van der Waals surface area contributed by atoms with Gasteiger partial charge in [-0.2, -0.15) is 13.2 Å². The first-order chi connectivity index (χ1) is 11.3. The minimum atomic E-state index is -5.02. The number of carbonyl (C=O) groups excluding carboxylic acids is 2. The number of nitrogens with one attached hydrogen (secondary N) is 2. The normalized spacial score (nSPS) is 10.8. The van der Waals surface area contributed by atoms with Crippen LogP contribution in [0.5, 0.6) is 5.75 Å². The number of ether oxygens (including phenoxy) is 1. The minimum Gasteiger partial charge on any atom is -0.497 e. The Kier molecular flexibility index (Phi) is 5.08. The highest BCUT2D eigenvalue weighted by Gasteiger charge is 2.39. The van der Waals surface area contributed by atoms with E-state index in [1.165, 1.54) is 43.5 Å². The summed E-state index contributed by atoms with van der Waals surface area (Å²) < 4.78 is 42.0. The highest BCUT2D eigenvalue weighted by atomic mass is 19.4. The van der Waals surface area contributed by atoms with Crippen molar-refractivity contribution < 1.29 is 27.5 Å². The Bertz CT molecular complexity index is 743. The van der Waals surface area contributed by atoms with Crippen molar-refractivity contribution in [3.05, 3.63) is 54.1 Å². The van der Waals surface area contributed by atoms with Crippen molar-refractivity contribution in [3.8, 4) is 5.75 Å². The second kappa shape index (κ2) is 7.03. The number of hydrogen-bond acceptors (Lipinski definition) is 3. The van der Waals surface area contributed by atoms with Gasteiger partial charge in [-0.1, -0.05) is 12.1 Å². The summed E-state index contributed by atoms with van der Waals surface area (Å²) in [5, 5.41) is 4.19. The van der Waals surface area contributed by atoms with Crippen LogP contribution in [0.15, 0.2) is 48.5 Å². The molecule has 126 valence electrons. The molecule has 2 amide bonds. The Labute approximate surface area is 135 Å². The SMILES string of the molecule is COc1ccc(C(=O)Nc2ccccc2NC(=O)C(F)(F)F)cc1. The topological polar surface area (TPSA) is 67.4 Å². The van der Waals surface area contributed by atoms with Gasteiger partial charge in [0, 0.05) is 5.56 Å². The van der Waals surface area contributed by atoms with E-state index in [-0.39, 0.29) is 16.9 Å². The lowest BCUT2D eigenvalue weighted by Crippen LogP contribution is -2.30. The van der Waals surface area contributed by atoms with Gasteiger partial charge in [0.05, 0.1) is 18.5 Å². The molecule has 0 aliphatic heterocycles. The molecule has 0 radical (unpaired) electrons. The van der Waals surface area contributed by atoms with Gasteiger partial charge in [-0.3, -0.25) is 9.59 Å². The van der Waals surface area contributed by atoms with Gasteiger partial charge < -0.3 is 15.4 Å². The summed E-state index contributed by atoms with van der Waals surface area (Å²) >= 11 is 0. The molecule has 24 heavy (non-hydrogen) atoms. The predicted octanol–water partition coefficient (Wildman–Crippen LogP) is 3.45. The first kappa shape index (κ1) is 17.3. The largest absolute Gasteiger partial charge is 0.497 e. The predicted molar refractivity (Wildman–Crippen MR) is 82.1 cm³/mol. The van der Waals surface area contributed by atoms with Gasteiger partial charge in [-0.15, -0.1) is 0 Å². The Hall–Kier alpha value is -3.03. The van der Waals surface area contributed by atoms with E-state index in [2.05, 4.69) is 5.32 Å². The maximum atomic E-state index is 12.4. The molecule has 0 aromatic heterocycles. The number of para-hydroxylation sites is 2. The Balaban J connectivity index is 2.17. The molecule has 8 heteroatoms. The number of halogens is 3. The summed E-state index contributed by atoms with van der Waals surface area (Å²) in [7, 11) is 1.48. The van der Waals surface area contributed by atoms with Gasteiger partial charge in [0.1, 0.15) is 5.75 Å². The Morgan fingerprint density at radius 3 is 1.96 bits per heavy atom. The van der Waals surface area contributed by atoms with E-state index >= 15 is 0 Å². The van der Waals surface area contributed by atoms with Gasteiger partial charge in [-0.05, 0) is 36.4 Å². The second-order valence-electron chi connectivity index (χ2n) is 4.68. The van der Waals surface area contributed by atoms with Crippen LogP contribution in [0.2, 0.25) is 0 Å². The lowest BCUT2D eigenvalue weighted by atomic mass is 10.2. The fourth-order valence-electron chi connectivity index (χ4n) is 1.83. The first-order valence-corrected chi connectivity index (χ1v) is 6.74. The number of alkyl halides is 3. The van der Waals surface area contributed by atoms with Crippen LogP contribution in [0.25, 0.3) is 0 Å². The number of hydrogen-bond donors (Lipinski definition) is 2. The molecule has 0 heterocycles. The Morgan fingerprint density at radius 1 is 0.917 bits per heavy atom. The van der Waals surface area contributed by atoms with Crippen LogP contribution in [0.4, 0.5) is 24.5 Å². The van der Waals surface area contributed by atoms with E-state index in [0.717, 1.165) is 0 Å². The fourth-order valence-corrected chi connectivity index (χ4v) is 1.83. The summed E-state index contributed by atoms with van der Waals surface area (Å²) in [6, 6.07) is 11.8. The molecule has 0 saturated heterocycles. The summed E-state index contributed by atoms with van der Waals surface area (Å²) in [6.45, 7) is 0. The molecule has 0 fully saturated rings. The van der Waals surface area contributed by atoms with E-state index in [0.29, 0.717) is 5.75 Å². The van der Waals surface area contributed by atoms with Crippen molar-refractivity contribution in [2.24, 2.45) is 0 Å². The van der Waals surface area contributed by atoms with Crippen molar-refractivity contribution in [1.29, 1.82) is 0 Å². The molecular weight excluding hydrogens is 325 g/mol. The summed E-state index contributed by atoms with van der Waals surface area (Å²) in [4.78, 5) is 23.2. The van der Waals surface area contributed by atoms with Crippen LogP contribution in [-0.2, 0) is 4.79 Å². The second-order valence-corrected chi connectivity index (χ2v) is 4.68. The molecule has 0 spiro atoms. The molecule has 0 aliphatic carbocycles. The smallest absolute Gasteiger partial charge is 0.471 e. The number of carbonyl (C=O) groups is 2. The Morgan fingerprint density at radius 2 is 1.46 bits per heavy atom. The third-order valence-corrected chi connectivity index (χ3v) is 3.03. The zero-order valence-electron chi connectivity index (χ0n) is 12.5. The van der Waals surface area contributed by atoms with Crippen LogP contribution in [-0.4, -0.2) is 25.1 Å². The summed E-state index contributed by atoms with van der Waals surface area (Å²) in [5.41, 5.74) is 0.186. The van der Waals surface area contributed by atoms with Gasteiger partial charge in [0.2, 0.25) is 0 Å². The highest BCUT2D eigenvalue weighted by molar-refractivity contribution is 6.07. The molecule has 0 saturated carbocycles. The fraction of sp³-hybridized carbons (Fsp3) is 0.125. The molecule has 2 aromatic rings. The van der Waals surface area contributed by atoms with E-state index < -0.39 is 18.0 Å². The zero-order valence-corrected chi connectivity index (χ0v) is 12.5. The number of amides is 2. The molecule has 2 rings (SSSR count). The highest BCUT2D eigenvalue weighted by Crippen LogP contribution is 2.25. The van der Waals surface area contributed by atoms with Crippen molar-refractivity contribution >= 4 is 23.2 Å². The number of anilines is 2. The van der Waals surface area contributed by atoms with Crippen LogP contribution >= 0.6 is 0 Å². The number of benzene rings is 2. The summed E-state index contributed by atoms with van der Waals surface area (Å²) in [6.07, 6.45) is -5.02. The van der Waals surface area contributed by atoms with Crippen molar-refractivity contribution in [3.63, 3.8) is 0 Å². The van der Waals surface area contributed by atoms with E-state index in [9.17, 15) is 22.8 Å². The quantitative estimate of drug-likeness (QED) is 0.897. The molecule has 5 nitrogen and oxygen atoms in total. The van der Waals surface area contributed by atoms with Crippen molar-refractivity contribution in [2.45, 2.75) is 6.18 Å². The van der Waals surface area contributed by atoms with Crippen LogP contribution in [0.1, 0.15) is 10.4 Å². The average molecular weight is 338 g/mol. The first-order valence-electron chi connectivity index (χ1n) is 6.74. The van der Waals surface area contributed by atoms with Crippen LogP contribution in [0, 0.1) is 0 Å². The van der Waals surface area contributed by atoms with Crippen LogP contribution < -0.4 is 15.4 Å². The van der Waals surface area contributed by atoms with Crippen molar-refractivity contribution in [1.82, 2.24) is 0 Å². The summed E-state index contributed by atoms with van der Waals surface area (Å²) in [5.74, 6) is -2.09. The monoisotopic (exact) mass is 338 g/mol. The molecule has 2 aromatic carbocycles. The van der Waals surface area contributed by atoms with E-state index in [1.807, 2.05) is 0 Å². The number of methoxy groups -OCH3 is 1. The van der Waals surface area contributed by atoms with Gasteiger partial charge in [0.25, 0.3) is 5.91 Å². The average Bonchev–Trinajstić information content (AvgIpc) is 2.55. The van der Waals surface area contributed by atoms with E-state index in [4.69, 9.17) is 4.74 Å². The van der Waals surface area contributed by atoms with Gasteiger partial charge in [0.15, 0.2) is 0 Å². The number of rotatable bonds is 4. The third-order valence-electron chi connectivity index (χ3n) is 3.03. The van der Waals surface area contributed by atoms with Gasteiger partial charge >= 0.3 is 12.1 Å². The van der Waals surface area contributed by atoms with Crippen LogP contribution in [0.3, 0.4) is 0 Å². The third kappa shape index (κ3) is 4.25. The zero-order chi connectivity index (χ0) is 17.7. The lowest BCUT2D eigenvalue weighted by molar-refractivity contribution is -0.167. The van der Waals surface area contributed by atoms with Crippen molar-refractivity contribution in [2.75, 3.05) is 17.7 Å². The minimum absolute atomic E-state index is 0.0518. The van der Waals surface area contributed by atoms with Gasteiger partial charge in [-0.25, -0.2) is 0 Å². The molecular formula is C16H13F3N2O3. The molecule has 2 N–H and O–H groups in total. The maximum absolute atomic E-state index is 12.4. The lowest BCUT2D eigenvalue weighted by Gasteiger charge is -2.13. The molecule has 0 unspecified atom stereocenters. The molecule has 0 aliphatic rings. The maximum Gasteiger partial charge on any atom is 0.471 e.